The Bertz CT molecular complexity index is 630. The fourth-order valence-electron chi connectivity index (χ4n) is 2.72. The number of hydrogen-bond donors (Lipinski definition) is 1. The Morgan fingerprint density at radius 1 is 1.30 bits per heavy atom. The Morgan fingerprint density at radius 2 is 1.96 bits per heavy atom. The summed E-state index contributed by atoms with van der Waals surface area (Å²) in [7, 11) is 1.46. The van der Waals surface area contributed by atoms with Crippen molar-refractivity contribution in [3.8, 4) is 5.75 Å². The summed E-state index contributed by atoms with van der Waals surface area (Å²) in [6.45, 7) is 0.538. The third-order valence-electron chi connectivity index (χ3n) is 4.01. The number of amides is 1. The first-order valence-corrected chi connectivity index (χ1v) is 6.88. The molecular weight excluding hydrogens is 315 g/mol. The molecule has 2 rings (SSSR count). The van der Waals surface area contributed by atoms with Crippen LogP contribution >= 0.6 is 0 Å². The van der Waals surface area contributed by atoms with Crippen molar-refractivity contribution < 1.29 is 32.6 Å². The highest BCUT2D eigenvalue weighted by Crippen LogP contribution is 2.38. The van der Waals surface area contributed by atoms with Crippen LogP contribution < -0.4 is 4.74 Å². The standard InChI is InChI=1S/C15H16F3NO4/c1-8-5-9(23-2)3-4-10(8)13(20)19-6-11(14(21)22)12(7-19)15(16,17)18/h3-5,11-12H,6-7H2,1-2H3,(H,21,22)/t11-,12-/m1/s1. The molecule has 0 aliphatic carbocycles. The van der Waals surface area contributed by atoms with Gasteiger partial charge in [0.1, 0.15) is 5.75 Å². The third-order valence-corrected chi connectivity index (χ3v) is 4.01. The van der Waals surface area contributed by atoms with E-state index in [1.54, 1.807) is 13.0 Å². The monoisotopic (exact) mass is 331 g/mol. The molecule has 1 N–H and O–H groups in total. The normalized spacial score (nSPS) is 21.3. The zero-order valence-corrected chi connectivity index (χ0v) is 12.6. The van der Waals surface area contributed by atoms with Crippen molar-refractivity contribution in [2.45, 2.75) is 13.1 Å². The quantitative estimate of drug-likeness (QED) is 0.923. The van der Waals surface area contributed by atoms with Crippen molar-refractivity contribution in [3.63, 3.8) is 0 Å². The first-order chi connectivity index (χ1) is 10.6. The molecule has 5 nitrogen and oxygen atoms in total. The van der Waals surface area contributed by atoms with Crippen molar-refractivity contribution in [2.75, 3.05) is 20.2 Å². The van der Waals surface area contributed by atoms with Gasteiger partial charge in [0.25, 0.3) is 5.91 Å². The average molecular weight is 331 g/mol. The summed E-state index contributed by atoms with van der Waals surface area (Å²) in [5.41, 5.74) is 0.787. The molecule has 8 heteroatoms. The maximum atomic E-state index is 13.0. The van der Waals surface area contributed by atoms with Crippen molar-refractivity contribution in [2.24, 2.45) is 11.8 Å². The molecule has 1 saturated heterocycles. The molecule has 1 fully saturated rings. The molecule has 1 heterocycles. The third kappa shape index (κ3) is 3.40. The van der Waals surface area contributed by atoms with Gasteiger partial charge >= 0.3 is 12.1 Å². The largest absolute Gasteiger partial charge is 0.497 e. The van der Waals surface area contributed by atoms with Gasteiger partial charge < -0.3 is 14.7 Å². The highest BCUT2D eigenvalue weighted by atomic mass is 19.4. The zero-order valence-electron chi connectivity index (χ0n) is 12.6. The van der Waals surface area contributed by atoms with Crippen LogP contribution in [0.5, 0.6) is 5.75 Å². The topological polar surface area (TPSA) is 66.8 Å². The Kier molecular flexibility index (Phi) is 4.53. The van der Waals surface area contributed by atoms with E-state index in [2.05, 4.69) is 0 Å². The number of alkyl halides is 3. The average Bonchev–Trinajstić information content (AvgIpc) is 2.92. The Balaban J connectivity index is 2.26. The molecule has 0 radical (unpaired) electrons. The molecule has 0 bridgehead atoms. The molecule has 126 valence electrons. The predicted molar refractivity (Wildman–Crippen MR) is 74.3 cm³/mol. The van der Waals surface area contributed by atoms with E-state index in [0.29, 0.717) is 11.3 Å². The lowest BCUT2D eigenvalue weighted by molar-refractivity contribution is -0.187. The van der Waals surface area contributed by atoms with Crippen LogP contribution in [0.4, 0.5) is 13.2 Å². The SMILES string of the molecule is COc1ccc(C(=O)N2C[C@@H](C(F)(F)F)[C@H](C(=O)O)C2)c(C)c1. The molecule has 0 saturated carbocycles. The molecule has 2 atom stereocenters. The summed E-state index contributed by atoms with van der Waals surface area (Å²) in [6.07, 6.45) is -4.66. The Morgan fingerprint density at radius 3 is 2.39 bits per heavy atom. The number of aryl methyl sites for hydroxylation is 1. The molecule has 23 heavy (non-hydrogen) atoms. The minimum absolute atomic E-state index is 0.234. The van der Waals surface area contributed by atoms with Crippen LogP contribution in [-0.2, 0) is 4.79 Å². The summed E-state index contributed by atoms with van der Waals surface area (Å²) < 4.78 is 43.9. The lowest BCUT2D eigenvalue weighted by Crippen LogP contribution is -2.34. The van der Waals surface area contributed by atoms with E-state index in [4.69, 9.17) is 9.84 Å². The number of benzene rings is 1. The number of hydrogen-bond acceptors (Lipinski definition) is 3. The van der Waals surface area contributed by atoms with E-state index in [0.717, 1.165) is 4.90 Å². The Labute approximate surface area is 130 Å². The van der Waals surface area contributed by atoms with Gasteiger partial charge in [-0.25, -0.2) is 0 Å². The van der Waals surface area contributed by atoms with Gasteiger partial charge in [-0.1, -0.05) is 0 Å². The molecule has 1 aliphatic heterocycles. The van der Waals surface area contributed by atoms with Gasteiger partial charge in [-0.15, -0.1) is 0 Å². The van der Waals surface area contributed by atoms with Gasteiger partial charge in [0, 0.05) is 18.7 Å². The summed E-state index contributed by atoms with van der Waals surface area (Å²) in [6, 6.07) is 4.60. The number of halogens is 3. The molecule has 1 aromatic carbocycles. The highest BCUT2D eigenvalue weighted by Gasteiger charge is 2.53. The minimum atomic E-state index is -4.66. The second-order valence-electron chi connectivity index (χ2n) is 5.48. The van der Waals surface area contributed by atoms with Crippen LogP contribution in [0, 0.1) is 18.8 Å². The van der Waals surface area contributed by atoms with Crippen LogP contribution in [0.25, 0.3) is 0 Å². The molecule has 0 unspecified atom stereocenters. The van der Waals surface area contributed by atoms with Gasteiger partial charge in [0.15, 0.2) is 0 Å². The van der Waals surface area contributed by atoms with Gasteiger partial charge in [0.05, 0.1) is 18.9 Å². The molecule has 0 spiro atoms. The maximum absolute atomic E-state index is 13.0. The second-order valence-corrected chi connectivity index (χ2v) is 5.48. The number of carbonyl (C=O) groups excluding carboxylic acids is 1. The van der Waals surface area contributed by atoms with E-state index in [9.17, 15) is 22.8 Å². The molecule has 1 amide bonds. The van der Waals surface area contributed by atoms with Crippen LogP contribution in [0.15, 0.2) is 18.2 Å². The molecule has 1 aliphatic rings. The van der Waals surface area contributed by atoms with Crippen LogP contribution in [-0.4, -0.2) is 48.3 Å². The number of carboxylic acids is 1. The summed E-state index contributed by atoms with van der Waals surface area (Å²) in [5, 5.41) is 8.99. The van der Waals surface area contributed by atoms with E-state index >= 15 is 0 Å². The first-order valence-electron chi connectivity index (χ1n) is 6.88. The number of methoxy groups -OCH3 is 1. The Hall–Kier alpha value is -2.25. The predicted octanol–water partition coefficient (Wildman–Crippen LogP) is 2.34. The minimum Gasteiger partial charge on any atom is -0.497 e. The first kappa shape index (κ1) is 17.1. The van der Waals surface area contributed by atoms with Crippen LogP contribution in [0.3, 0.4) is 0 Å². The van der Waals surface area contributed by atoms with E-state index in [-0.39, 0.29) is 5.56 Å². The second kappa shape index (κ2) is 6.10. The van der Waals surface area contributed by atoms with E-state index in [1.807, 2.05) is 0 Å². The smallest absolute Gasteiger partial charge is 0.394 e. The number of nitrogens with zero attached hydrogens (tertiary/aromatic N) is 1. The van der Waals surface area contributed by atoms with Crippen molar-refractivity contribution in [1.82, 2.24) is 4.90 Å². The van der Waals surface area contributed by atoms with Crippen LogP contribution in [0.1, 0.15) is 15.9 Å². The van der Waals surface area contributed by atoms with Crippen molar-refractivity contribution in [3.05, 3.63) is 29.3 Å². The van der Waals surface area contributed by atoms with Gasteiger partial charge in [0.2, 0.25) is 0 Å². The summed E-state index contributed by atoms with van der Waals surface area (Å²) >= 11 is 0. The highest BCUT2D eigenvalue weighted by molar-refractivity contribution is 5.96. The summed E-state index contributed by atoms with van der Waals surface area (Å²) in [5.74, 6) is -5.32. The number of likely N-dealkylation sites (tertiary alicyclic amines) is 1. The fourth-order valence-corrected chi connectivity index (χ4v) is 2.72. The molecule has 0 aromatic heterocycles. The van der Waals surface area contributed by atoms with Gasteiger partial charge in [-0.2, -0.15) is 13.2 Å². The summed E-state index contributed by atoms with van der Waals surface area (Å²) in [4.78, 5) is 24.4. The van der Waals surface area contributed by atoms with E-state index < -0.39 is 43.0 Å². The van der Waals surface area contributed by atoms with Gasteiger partial charge in [-0.05, 0) is 30.7 Å². The number of aliphatic carboxylic acids is 1. The molecular formula is C15H16F3NO4. The van der Waals surface area contributed by atoms with Gasteiger partial charge in [-0.3, -0.25) is 9.59 Å². The fraction of sp³-hybridized carbons (Fsp3) is 0.467. The van der Waals surface area contributed by atoms with Crippen molar-refractivity contribution in [1.29, 1.82) is 0 Å². The number of carboxylic acid groups (broad SMARTS) is 1. The maximum Gasteiger partial charge on any atom is 0.394 e. The lowest BCUT2D eigenvalue weighted by Gasteiger charge is -2.19. The number of carbonyl (C=O) groups is 2. The van der Waals surface area contributed by atoms with E-state index in [1.165, 1.54) is 19.2 Å². The molecule has 1 aromatic rings. The lowest BCUT2D eigenvalue weighted by atomic mass is 9.96. The number of rotatable bonds is 3. The number of ether oxygens (including phenoxy) is 1. The van der Waals surface area contributed by atoms with Crippen LogP contribution in [0.2, 0.25) is 0 Å². The zero-order chi connectivity index (χ0) is 17.4. The van der Waals surface area contributed by atoms with Crippen molar-refractivity contribution >= 4 is 11.9 Å².